The number of aromatic nitrogens is 2. The van der Waals surface area contributed by atoms with E-state index in [0.29, 0.717) is 22.3 Å². The first-order chi connectivity index (χ1) is 9.74. The first-order valence-electron chi connectivity index (χ1n) is 6.79. The maximum atomic E-state index is 6.14. The minimum Gasteiger partial charge on any atom is -0.437 e. The molecule has 0 spiro atoms. The molecule has 0 fully saturated rings. The molecule has 0 aliphatic heterocycles. The summed E-state index contributed by atoms with van der Waals surface area (Å²) in [6, 6.07) is 5.19. The molecule has 4 nitrogen and oxygen atoms in total. The lowest BCUT2D eigenvalue weighted by Gasteiger charge is -2.12. The molecule has 3 rings (SSSR count). The second kappa shape index (κ2) is 5.67. The highest BCUT2D eigenvalue weighted by Crippen LogP contribution is 2.33. The molecule has 0 unspecified atom stereocenters. The molecule has 1 aliphatic carbocycles. The molecule has 0 saturated heterocycles. The van der Waals surface area contributed by atoms with Gasteiger partial charge in [0.25, 0.3) is 0 Å². The van der Waals surface area contributed by atoms with E-state index < -0.39 is 0 Å². The Morgan fingerprint density at radius 2 is 1.95 bits per heavy atom. The van der Waals surface area contributed by atoms with Crippen molar-refractivity contribution in [1.29, 1.82) is 0 Å². The monoisotopic (exact) mass is 289 g/mol. The van der Waals surface area contributed by atoms with Crippen LogP contribution in [0.25, 0.3) is 0 Å². The number of hydrogen-bond acceptors (Lipinski definition) is 4. The van der Waals surface area contributed by atoms with Gasteiger partial charge in [-0.15, -0.1) is 0 Å². The van der Waals surface area contributed by atoms with Crippen LogP contribution in [0.1, 0.15) is 30.5 Å². The Morgan fingerprint density at radius 3 is 2.85 bits per heavy atom. The van der Waals surface area contributed by atoms with Crippen LogP contribution in [0, 0.1) is 0 Å². The molecule has 2 aromatic rings. The number of halogens is 1. The number of nitrogens with zero attached hydrogens (tertiary/aromatic N) is 2. The van der Waals surface area contributed by atoms with Crippen molar-refractivity contribution >= 4 is 17.3 Å². The summed E-state index contributed by atoms with van der Waals surface area (Å²) >= 11 is 6.14. The molecule has 0 bridgehead atoms. The van der Waals surface area contributed by atoms with Crippen LogP contribution in [0.4, 0.5) is 5.69 Å². The summed E-state index contributed by atoms with van der Waals surface area (Å²) in [5.41, 5.74) is 8.58. The number of ether oxygens (including phenoxy) is 1. The van der Waals surface area contributed by atoms with E-state index >= 15 is 0 Å². The first kappa shape index (κ1) is 13.2. The Bertz CT molecular complexity index is 631. The van der Waals surface area contributed by atoms with E-state index in [1.54, 1.807) is 24.5 Å². The van der Waals surface area contributed by atoms with E-state index in [1.165, 1.54) is 12.8 Å². The van der Waals surface area contributed by atoms with E-state index in [4.69, 9.17) is 22.1 Å². The maximum absolute atomic E-state index is 6.14. The van der Waals surface area contributed by atoms with Crippen molar-refractivity contribution in [2.45, 2.75) is 32.1 Å². The maximum Gasteiger partial charge on any atom is 0.225 e. The number of aryl methyl sites for hydroxylation is 1. The summed E-state index contributed by atoms with van der Waals surface area (Å²) in [5.74, 6) is 1.14. The first-order valence-corrected chi connectivity index (χ1v) is 7.17. The highest BCUT2D eigenvalue weighted by molar-refractivity contribution is 6.32. The van der Waals surface area contributed by atoms with Gasteiger partial charge in [-0.2, -0.15) is 0 Å². The summed E-state index contributed by atoms with van der Waals surface area (Å²) in [4.78, 5) is 8.64. The van der Waals surface area contributed by atoms with Crippen LogP contribution in [0.3, 0.4) is 0 Å². The normalized spacial score (nSPS) is 14.4. The predicted octanol–water partition coefficient (Wildman–Crippen LogP) is 3.77. The summed E-state index contributed by atoms with van der Waals surface area (Å²) in [6.07, 6.45) is 7.02. The Kier molecular flexibility index (Phi) is 3.74. The summed E-state index contributed by atoms with van der Waals surface area (Å²) in [7, 11) is 0. The Hall–Kier alpha value is -1.81. The van der Waals surface area contributed by atoms with E-state index in [1.807, 2.05) is 0 Å². The van der Waals surface area contributed by atoms with Crippen LogP contribution in [-0.4, -0.2) is 9.97 Å². The van der Waals surface area contributed by atoms with Crippen LogP contribution < -0.4 is 10.5 Å². The largest absolute Gasteiger partial charge is 0.437 e. The lowest BCUT2D eigenvalue weighted by molar-refractivity contribution is 0.453. The predicted molar refractivity (Wildman–Crippen MR) is 79.2 cm³/mol. The van der Waals surface area contributed by atoms with Crippen molar-refractivity contribution in [3.63, 3.8) is 0 Å². The van der Waals surface area contributed by atoms with Gasteiger partial charge in [0.15, 0.2) is 0 Å². The average Bonchev–Trinajstić information content (AvgIpc) is 2.69. The zero-order valence-corrected chi connectivity index (χ0v) is 11.9. The van der Waals surface area contributed by atoms with E-state index in [2.05, 4.69) is 9.97 Å². The Balaban J connectivity index is 1.96. The quantitative estimate of drug-likeness (QED) is 0.675. The fraction of sp³-hybridized carbons (Fsp3) is 0.333. The van der Waals surface area contributed by atoms with Gasteiger partial charge in [0.05, 0.1) is 10.7 Å². The topological polar surface area (TPSA) is 61.0 Å². The lowest BCUT2D eigenvalue weighted by atomic mass is 10.1. The van der Waals surface area contributed by atoms with Crippen LogP contribution in [0.15, 0.2) is 24.5 Å². The van der Waals surface area contributed by atoms with E-state index in [0.717, 1.165) is 30.5 Å². The number of fused-ring (bicyclic) bond motifs is 1. The zero-order valence-electron chi connectivity index (χ0n) is 11.1. The van der Waals surface area contributed by atoms with Gasteiger partial charge in [-0.1, -0.05) is 18.0 Å². The second-order valence-corrected chi connectivity index (χ2v) is 5.36. The molecule has 5 heteroatoms. The van der Waals surface area contributed by atoms with Gasteiger partial charge in [0.1, 0.15) is 12.1 Å². The standard InChI is InChI=1S/C15H16ClN3O/c16-12-7-6-10(17)8-14(12)20-15-11-4-2-1-3-5-13(11)18-9-19-15/h6-9H,1-5,17H2. The third kappa shape index (κ3) is 2.70. The summed E-state index contributed by atoms with van der Waals surface area (Å²) in [6.45, 7) is 0. The highest BCUT2D eigenvalue weighted by atomic mass is 35.5. The average molecular weight is 290 g/mol. The lowest BCUT2D eigenvalue weighted by Crippen LogP contribution is -2.01. The fourth-order valence-electron chi connectivity index (χ4n) is 2.46. The van der Waals surface area contributed by atoms with Gasteiger partial charge >= 0.3 is 0 Å². The van der Waals surface area contributed by atoms with Crippen molar-refractivity contribution < 1.29 is 4.74 Å². The molecule has 0 atom stereocenters. The highest BCUT2D eigenvalue weighted by Gasteiger charge is 2.16. The number of benzene rings is 1. The van der Waals surface area contributed by atoms with Crippen LogP contribution in [-0.2, 0) is 12.8 Å². The molecule has 0 radical (unpaired) electrons. The smallest absolute Gasteiger partial charge is 0.225 e. The van der Waals surface area contributed by atoms with Gasteiger partial charge in [-0.25, -0.2) is 9.97 Å². The van der Waals surface area contributed by atoms with Gasteiger partial charge in [-0.05, 0) is 37.8 Å². The van der Waals surface area contributed by atoms with E-state index in [9.17, 15) is 0 Å². The molecular weight excluding hydrogens is 274 g/mol. The van der Waals surface area contributed by atoms with Gasteiger partial charge in [-0.3, -0.25) is 0 Å². The van der Waals surface area contributed by atoms with Crippen molar-refractivity contribution in [3.8, 4) is 11.6 Å². The number of hydrogen-bond donors (Lipinski definition) is 1. The van der Waals surface area contributed by atoms with Crippen LogP contribution >= 0.6 is 11.6 Å². The van der Waals surface area contributed by atoms with Crippen molar-refractivity contribution in [1.82, 2.24) is 9.97 Å². The second-order valence-electron chi connectivity index (χ2n) is 4.96. The Morgan fingerprint density at radius 1 is 1.10 bits per heavy atom. The number of nitrogens with two attached hydrogens (primary N) is 1. The molecule has 1 heterocycles. The van der Waals surface area contributed by atoms with Gasteiger partial charge < -0.3 is 10.5 Å². The molecule has 1 aromatic carbocycles. The molecule has 1 aliphatic rings. The molecular formula is C15H16ClN3O. The number of anilines is 1. The Labute approximate surface area is 123 Å². The molecule has 2 N–H and O–H groups in total. The number of rotatable bonds is 2. The molecule has 0 amide bonds. The fourth-order valence-corrected chi connectivity index (χ4v) is 2.61. The molecule has 104 valence electrons. The third-order valence-corrected chi connectivity index (χ3v) is 3.81. The van der Waals surface area contributed by atoms with Gasteiger partial charge in [0.2, 0.25) is 5.88 Å². The SMILES string of the molecule is Nc1ccc(Cl)c(Oc2ncnc3c2CCCCC3)c1. The zero-order chi connectivity index (χ0) is 13.9. The molecule has 20 heavy (non-hydrogen) atoms. The van der Waals surface area contributed by atoms with Gasteiger partial charge in [0, 0.05) is 17.3 Å². The molecule has 0 saturated carbocycles. The molecule has 1 aromatic heterocycles. The summed E-state index contributed by atoms with van der Waals surface area (Å²) < 4.78 is 5.88. The summed E-state index contributed by atoms with van der Waals surface area (Å²) in [5, 5.41) is 0.528. The minimum atomic E-state index is 0.528. The number of nitrogen functional groups attached to an aromatic ring is 1. The van der Waals surface area contributed by atoms with Crippen molar-refractivity contribution in [3.05, 3.63) is 40.8 Å². The third-order valence-electron chi connectivity index (χ3n) is 3.50. The van der Waals surface area contributed by atoms with Crippen LogP contribution in [0.5, 0.6) is 11.6 Å². The minimum absolute atomic E-state index is 0.528. The van der Waals surface area contributed by atoms with Crippen molar-refractivity contribution in [2.24, 2.45) is 0 Å². The van der Waals surface area contributed by atoms with Crippen LogP contribution in [0.2, 0.25) is 5.02 Å². The van der Waals surface area contributed by atoms with Crippen molar-refractivity contribution in [2.75, 3.05) is 5.73 Å². The van der Waals surface area contributed by atoms with E-state index in [-0.39, 0.29) is 0 Å².